The second kappa shape index (κ2) is 25.3. The van der Waals surface area contributed by atoms with Crippen molar-refractivity contribution in [2.24, 2.45) is 0 Å². The lowest BCUT2D eigenvalue weighted by molar-refractivity contribution is -0.150. The van der Waals surface area contributed by atoms with Crippen molar-refractivity contribution in [3.05, 3.63) is 0 Å². The molecule has 0 aromatic rings. The minimum atomic E-state index is -3.20. The summed E-state index contributed by atoms with van der Waals surface area (Å²) in [4.78, 5) is 14.8. The van der Waals surface area contributed by atoms with E-state index in [0.717, 1.165) is 64.6 Å². The zero-order chi connectivity index (χ0) is 28.4. The Labute approximate surface area is 241 Å². The van der Waals surface area contributed by atoms with E-state index in [1.165, 1.54) is 90.6 Å². The third kappa shape index (κ3) is 21.0. The maximum atomic E-state index is 12.6. The molecule has 0 saturated carbocycles. The molecule has 0 aliphatic carbocycles. The van der Waals surface area contributed by atoms with Crippen LogP contribution in [0.5, 0.6) is 0 Å². The van der Waals surface area contributed by atoms with E-state index >= 15 is 0 Å². The van der Waals surface area contributed by atoms with Crippen molar-refractivity contribution >= 4 is 13.7 Å². The van der Waals surface area contributed by atoms with Crippen LogP contribution in [0.3, 0.4) is 0 Å². The van der Waals surface area contributed by atoms with Gasteiger partial charge in [-0.25, -0.2) is 9.65 Å². The van der Waals surface area contributed by atoms with Crippen molar-refractivity contribution in [2.45, 2.75) is 155 Å². The Morgan fingerprint density at radius 1 is 0.795 bits per heavy atom. The van der Waals surface area contributed by atoms with Gasteiger partial charge >= 0.3 is 13.7 Å². The van der Waals surface area contributed by atoms with Crippen LogP contribution in [0.4, 0.5) is 0 Å². The van der Waals surface area contributed by atoms with Crippen LogP contribution >= 0.6 is 7.75 Å². The van der Waals surface area contributed by atoms with Crippen LogP contribution in [0, 0.1) is 0 Å². The van der Waals surface area contributed by atoms with Gasteiger partial charge in [0, 0.05) is 26.6 Å². The first-order valence-corrected chi connectivity index (χ1v) is 18.0. The fraction of sp³-hybridized carbons (Fsp3) is 0.968. The topological polar surface area (TPSA) is 77.1 Å². The largest absolute Gasteiger partial charge is 0.462 e. The van der Waals surface area contributed by atoms with Gasteiger partial charge in [-0.3, -0.25) is 9.32 Å². The van der Waals surface area contributed by atoms with E-state index in [9.17, 15) is 9.36 Å². The second-order valence-corrected chi connectivity index (χ2v) is 13.3. The van der Waals surface area contributed by atoms with Crippen LogP contribution in [0.25, 0.3) is 0 Å². The van der Waals surface area contributed by atoms with Gasteiger partial charge in [-0.1, -0.05) is 97.3 Å². The highest BCUT2D eigenvalue weighted by atomic mass is 31.2. The molecule has 1 saturated heterocycles. The molecule has 0 amide bonds. The van der Waals surface area contributed by atoms with Gasteiger partial charge in [0.05, 0.1) is 6.61 Å². The van der Waals surface area contributed by atoms with Gasteiger partial charge in [-0.05, 0) is 58.0 Å². The number of unbranched alkanes of at least 4 members (excludes halogenated alkanes) is 14. The van der Waals surface area contributed by atoms with Gasteiger partial charge < -0.3 is 14.2 Å². The lowest BCUT2D eigenvalue weighted by Gasteiger charge is -2.31. The maximum Gasteiger partial charge on any atom is 0.405 e. The highest BCUT2D eigenvalue weighted by Crippen LogP contribution is 2.42. The number of carbonyl (C=O) groups is 1. The molecule has 0 aromatic carbocycles. The van der Waals surface area contributed by atoms with Crippen molar-refractivity contribution in [3.8, 4) is 0 Å². The SMILES string of the molecule is CCCCCCCCC(CCCCCCCC)OC(=O)CCCCCCCOP(=O)(NCCN1CCC1)OC. The van der Waals surface area contributed by atoms with Gasteiger partial charge in [0.1, 0.15) is 6.10 Å². The standard InChI is InChI=1S/C31H63N2O5P/c1-4-6-8-10-13-17-22-30(23-18-14-11-9-7-5-2)38-31(34)24-19-15-12-16-20-29-37-39(35,36-3)32-25-28-33-26-21-27-33/h30H,4-29H2,1-3H3,(H,32,35). The average Bonchev–Trinajstić information content (AvgIpc) is 2.90. The Morgan fingerprint density at radius 3 is 1.87 bits per heavy atom. The highest BCUT2D eigenvalue weighted by Gasteiger charge is 2.23. The van der Waals surface area contributed by atoms with Gasteiger partial charge in [0.25, 0.3) is 0 Å². The van der Waals surface area contributed by atoms with Crippen LogP contribution in [0.1, 0.15) is 149 Å². The molecule has 0 spiro atoms. The molecule has 0 bridgehead atoms. The molecule has 1 unspecified atom stereocenters. The van der Waals surface area contributed by atoms with Gasteiger partial charge in [-0.2, -0.15) is 0 Å². The predicted octanol–water partition coefficient (Wildman–Crippen LogP) is 8.81. The van der Waals surface area contributed by atoms with Crippen LogP contribution in [0.2, 0.25) is 0 Å². The molecule has 1 rings (SSSR count). The third-order valence-electron chi connectivity index (χ3n) is 7.77. The molecule has 1 heterocycles. The van der Waals surface area contributed by atoms with Crippen molar-refractivity contribution in [3.63, 3.8) is 0 Å². The van der Waals surface area contributed by atoms with Crippen LogP contribution in [0.15, 0.2) is 0 Å². The lowest BCUT2D eigenvalue weighted by atomic mass is 10.0. The number of likely N-dealkylation sites (tertiary alicyclic amines) is 1. The van der Waals surface area contributed by atoms with E-state index in [4.69, 9.17) is 13.8 Å². The Kier molecular flexibility index (Phi) is 23.7. The Bertz CT molecular complexity index is 602. The number of nitrogens with one attached hydrogen (secondary N) is 1. The quantitative estimate of drug-likeness (QED) is 0.0543. The summed E-state index contributed by atoms with van der Waals surface area (Å²) in [6.07, 6.45) is 23.9. The zero-order valence-electron chi connectivity index (χ0n) is 25.9. The van der Waals surface area contributed by atoms with Crippen molar-refractivity contribution in [1.82, 2.24) is 9.99 Å². The van der Waals surface area contributed by atoms with Crippen LogP contribution < -0.4 is 5.09 Å². The molecule has 39 heavy (non-hydrogen) atoms. The Hall–Kier alpha value is -0.460. The van der Waals surface area contributed by atoms with Crippen LogP contribution in [-0.4, -0.2) is 56.9 Å². The summed E-state index contributed by atoms with van der Waals surface area (Å²) in [7, 11) is -1.77. The van der Waals surface area contributed by atoms with Gasteiger partial charge in [0.15, 0.2) is 0 Å². The summed E-state index contributed by atoms with van der Waals surface area (Å²) in [6, 6.07) is 0. The van der Waals surface area contributed by atoms with E-state index in [2.05, 4.69) is 23.8 Å². The molecule has 0 aromatic heterocycles. The predicted molar refractivity (Wildman–Crippen MR) is 163 cm³/mol. The average molecular weight is 575 g/mol. The number of hydrogen-bond acceptors (Lipinski definition) is 6. The number of esters is 1. The number of carbonyl (C=O) groups excluding carboxylic acids is 1. The number of hydrogen-bond donors (Lipinski definition) is 1. The summed E-state index contributed by atoms with van der Waals surface area (Å²) in [5.41, 5.74) is 0. The second-order valence-electron chi connectivity index (χ2n) is 11.4. The number of rotatable bonds is 29. The summed E-state index contributed by atoms with van der Waals surface area (Å²) in [6.45, 7) is 8.65. The molecule has 7 nitrogen and oxygen atoms in total. The summed E-state index contributed by atoms with van der Waals surface area (Å²) < 4.78 is 29.2. The summed E-state index contributed by atoms with van der Waals surface area (Å²) >= 11 is 0. The van der Waals surface area contributed by atoms with Gasteiger partial charge in [-0.15, -0.1) is 0 Å². The van der Waals surface area contributed by atoms with E-state index in [-0.39, 0.29) is 12.1 Å². The van der Waals surface area contributed by atoms with E-state index in [1.54, 1.807) is 0 Å². The van der Waals surface area contributed by atoms with E-state index in [0.29, 0.717) is 19.6 Å². The first-order chi connectivity index (χ1) is 19.0. The molecule has 8 heteroatoms. The molecular weight excluding hydrogens is 511 g/mol. The Morgan fingerprint density at radius 2 is 1.33 bits per heavy atom. The third-order valence-corrected chi connectivity index (χ3v) is 9.38. The fourth-order valence-corrected chi connectivity index (χ4v) is 6.08. The minimum Gasteiger partial charge on any atom is -0.462 e. The fourth-order valence-electron chi connectivity index (χ4n) is 5.01. The summed E-state index contributed by atoms with van der Waals surface area (Å²) in [5, 5.41) is 2.95. The first-order valence-electron chi connectivity index (χ1n) is 16.5. The lowest BCUT2D eigenvalue weighted by Crippen LogP contribution is -2.41. The van der Waals surface area contributed by atoms with Crippen molar-refractivity contribution in [1.29, 1.82) is 0 Å². The zero-order valence-corrected chi connectivity index (χ0v) is 26.8. The van der Waals surface area contributed by atoms with Crippen molar-refractivity contribution < 1.29 is 23.1 Å². The molecule has 1 aliphatic heterocycles. The normalized spacial score (nSPS) is 15.4. The molecule has 1 fully saturated rings. The van der Waals surface area contributed by atoms with Crippen molar-refractivity contribution in [2.75, 3.05) is 39.9 Å². The van der Waals surface area contributed by atoms with E-state index in [1.807, 2.05) is 0 Å². The molecule has 0 radical (unpaired) electrons. The number of nitrogens with zero attached hydrogens (tertiary/aromatic N) is 1. The number of ether oxygens (including phenoxy) is 1. The van der Waals surface area contributed by atoms with Gasteiger partial charge in [0.2, 0.25) is 0 Å². The van der Waals surface area contributed by atoms with Crippen LogP contribution in [-0.2, 0) is 23.1 Å². The Balaban J connectivity index is 2.13. The molecule has 232 valence electrons. The molecule has 1 atom stereocenters. The smallest absolute Gasteiger partial charge is 0.405 e. The highest BCUT2D eigenvalue weighted by molar-refractivity contribution is 7.51. The minimum absolute atomic E-state index is 0.0226. The molecule has 1 aliphatic rings. The summed E-state index contributed by atoms with van der Waals surface area (Å²) in [5.74, 6) is -0.0226. The molecular formula is C31H63N2O5P. The maximum absolute atomic E-state index is 12.6. The van der Waals surface area contributed by atoms with E-state index < -0.39 is 7.75 Å². The molecule has 1 N–H and O–H groups in total. The monoisotopic (exact) mass is 574 g/mol. The first kappa shape index (κ1) is 36.6.